The van der Waals surface area contributed by atoms with Gasteiger partial charge in [-0.15, -0.1) is 0 Å². The molecule has 19 heavy (non-hydrogen) atoms. The van der Waals surface area contributed by atoms with E-state index < -0.39 is 0 Å². The summed E-state index contributed by atoms with van der Waals surface area (Å²) in [5, 5.41) is 0. The van der Waals surface area contributed by atoms with Crippen molar-refractivity contribution in [1.29, 1.82) is 0 Å². The third kappa shape index (κ3) is 11.4. The van der Waals surface area contributed by atoms with Gasteiger partial charge in [0.1, 0.15) is 0 Å². The van der Waals surface area contributed by atoms with Gasteiger partial charge in [-0.2, -0.15) is 0 Å². The molecule has 0 N–H and O–H groups in total. The Balaban J connectivity index is 3.50. The molecule has 0 aliphatic carbocycles. The third-order valence-corrected chi connectivity index (χ3v) is 3.80. The lowest BCUT2D eigenvalue weighted by atomic mass is 9.86. The predicted molar refractivity (Wildman–Crippen MR) is 83.6 cm³/mol. The molecule has 0 radical (unpaired) electrons. The highest BCUT2D eigenvalue weighted by molar-refractivity contribution is 4.73. The molecule has 0 aromatic heterocycles. The normalized spacial score (nSPS) is 12.3. The van der Waals surface area contributed by atoms with E-state index in [9.17, 15) is 0 Å². The summed E-state index contributed by atoms with van der Waals surface area (Å²) in [6.45, 7) is 8.49. The highest BCUT2D eigenvalue weighted by atomic mass is 16.5. The molecule has 0 aromatic carbocycles. The van der Waals surface area contributed by atoms with Crippen molar-refractivity contribution in [2.24, 2.45) is 11.3 Å². The van der Waals surface area contributed by atoms with Crippen LogP contribution in [0.4, 0.5) is 0 Å². The van der Waals surface area contributed by atoms with Crippen molar-refractivity contribution in [1.82, 2.24) is 0 Å². The van der Waals surface area contributed by atoms with Gasteiger partial charge in [-0.3, -0.25) is 0 Å². The van der Waals surface area contributed by atoms with Gasteiger partial charge in [-0.05, 0) is 12.3 Å². The van der Waals surface area contributed by atoms with Crippen molar-refractivity contribution in [3.05, 3.63) is 0 Å². The van der Waals surface area contributed by atoms with E-state index >= 15 is 0 Å². The summed E-state index contributed by atoms with van der Waals surface area (Å²) < 4.78 is 10.6. The lowest BCUT2D eigenvalue weighted by Crippen LogP contribution is -2.28. The van der Waals surface area contributed by atoms with Gasteiger partial charge in [0, 0.05) is 19.6 Å². The first-order valence-corrected chi connectivity index (χ1v) is 8.02. The zero-order valence-corrected chi connectivity index (χ0v) is 14.0. The average molecular weight is 272 g/mol. The van der Waals surface area contributed by atoms with E-state index in [4.69, 9.17) is 9.47 Å². The molecular weight excluding hydrogens is 236 g/mol. The maximum atomic E-state index is 5.31. The SMILES string of the molecule is COCC(C)(CCCCCCCCC(C)C)COC. The molecule has 0 bridgehead atoms. The maximum absolute atomic E-state index is 5.31. The summed E-state index contributed by atoms with van der Waals surface area (Å²) in [5.41, 5.74) is 0.196. The quantitative estimate of drug-likeness (QED) is 0.436. The van der Waals surface area contributed by atoms with Crippen molar-refractivity contribution >= 4 is 0 Å². The number of methoxy groups -OCH3 is 2. The van der Waals surface area contributed by atoms with Crippen LogP contribution in [0.5, 0.6) is 0 Å². The zero-order chi connectivity index (χ0) is 14.6. The molecule has 0 atom stereocenters. The van der Waals surface area contributed by atoms with E-state index in [-0.39, 0.29) is 5.41 Å². The first-order valence-electron chi connectivity index (χ1n) is 8.02. The number of hydrogen-bond donors (Lipinski definition) is 0. The topological polar surface area (TPSA) is 18.5 Å². The predicted octanol–water partition coefficient (Wildman–Crippen LogP) is 5.06. The molecule has 2 heteroatoms. The molecule has 2 nitrogen and oxygen atoms in total. The van der Waals surface area contributed by atoms with Crippen LogP contribution in [0.15, 0.2) is 0 Å². The molecule has 116 valence electrons. The molecule has 0 saturated heterocycles. The largest absolute Gasteiger partial charge is 0.384 e. The van der Waals surface area contributed by atoms with Crippen LogP contribution in [0.1, 0.15) is 72.1 Å². The first kappa shape index (κ1) is 18.9. The summed E-state index contributed by atoms with van der Waals surface area (Å²) in [6.07, 6.45) is 10.8. The van der Waals surface area contributed by atoms with E-state index in [2.05, 4.69) is 20.8 Å². The van der Waals surface area contributed by atoms with Crippen LogP contribution in [0.25, 0.3) is 0 Å². The molecule has 0 aromatic rings. The third-order valence-electron chi connectivity index (χ3n) is 3.80. The van der Waals surface area contributed by atoms with Crippen LogP contribution in [0.2, 0.25) is 0 Å². The van der Waals surface area contributed by atoms with Gasteiger partial charge in [0.25, 0.3) is 0 Å². The van der Waals surface area contributed by atoms with E-state index in [0.717, 1.165) is 19.1 Å². The number of unbranched alkanes of at least 4 members (excludes halogenated alkanes) is 5. The molecule has 0 aliphatic heterocycles. The zero-order valence-electron chi connectivity index (χ0n) is 14.0. The summed E-state index contributed by atoms with van der Waals surface area (Å²) >= 11 is 0. The van der Waals surface area contributed by atoms with Crippen LogP contribution in [0, 0.1) is 11.3 Å². The van der Waals surface area contributed by atoms with Crippen molar-refractivity contribution in [3.63, 3.8) is 0 Å². The number of hydrogen-bond acceptors (Lipinski definition) is 2. The summed E-state index contributed by atoms with van der Waals surface area (Å²) in [6, 6.07) is 0. The van der Waals surface area contributed by atoms with Gasteiger partial charge in [-0.25, -0.2) is 0 Å². The molecule has 0 heterocycles. The molecule has 0 saturated carbocycles. The fourth-order valence-corrected chi connectivity index (χ4v) is 2.69. The van der Waals surface area contributed by atoms with Crippen molar-refractivity contribution in [3.8, 4) is 0 Å². The van der Waals surface area contributed by atoms with Crippen molar-refractivity contribution < 1.29 is 9.47 Å². The highest BCUT2D eigenvalue weighted by Crippen LogP contribution is 2.25. The fraction of sp³-hybridized carbons (Fsp3) is 1.00. The molecule has 0 unspecified atom stereocenters. The minimum Gasteiger partial charge on any atom is -0.384 e. The Kier molecular flexibility index (Phi) is 11.7. The van der Waals surface area contributed by atoms with E-state index in [1.807, 2.05) is 0 Å². The van der Waals surface area contributed by atoms with Gasteiger partial charge in [0.15, 0.2) is 0 Å². The minimum atomic E-state index is 0.196. The minimum absolute atomic E-state index is 0.196. The van der Waals surface area contributed by atoms with Gasteiger partial charge < -0.3 is 9.47 Å². The summed E-state index contributed by atoms with van der Waals surface area (Å²) in [7, 11) is 3.56. The average Bonchev–Trinajstić information content (AvgIpc) is 2.33. The van der Waals surface area contributed by atoms with Gasteiger partial charge in [-0.1, -0.05) is 65.7 Å². The number of rotatable bonds is 13. The second-order valence-corrected chi connectivity index (χ2v) is 6.73. The molecule has 0 amide bonds. The summed E-state index contributed by atoms with van der Waals surface area (Å²) in [4.78, 5) is 0. The Morgan fingerprint density at radius 3 is 1.74 bits per heavy atom. The van der Waals surface area contributed by atoms with Crippen LogP contribution in [-0.4, -0.2) is 27.4 Å². The second-order valence-electron chi connectivity index (χ2n) is 6.73. The Morgan fingerprint density at radius 1 is 0.789 bits per heavy atom. The van der Waals surface area contributed by atoms with Gasteiger partial charge in [0.05, 0.1) is 13.2 Å². The van der Waals surface area contributed by atoms with Crippen molar-refractivity contribution in [2.45, 2.75) is 72.1 Å². The van der Waals surface area contributed by atoms with Crippen LogP contribution in [-0.2, 0) is 9.47 Å². The maximum Gasteiger partial charge on any atom is 0.0538 e. The Bertz CT molecular complexity index is 184. The monoisotopic (exact) mass is 272 g/mol. The molecular formula is C17H36O2. The first-order chi connectivity index (χ1) is 9.04. The molecule has 0 rings (SSSR count). The highest BCUT2D eigenvalue weighted by Gasteiger charge is 2.23. The van der Waals surface area contributed by atoms with Gasteiger partial charge >= 0.3 is 0 Å². The fourth-order valence-electron chi connectivity index (χ4n) is 2.69. The number of ether oxygens (including phenoxy) is 2. The van der Waals surface area contributed by atoms with Crippen LogP contribution < -0.4 is 0 Å². The van der Waals surface area contributed by atoms with Crippen molar-refractivity contribution in [2.75, 3.05) is 27.4 Å². The molecule has 0 aliphatic rings. The lowest BCUT2D eigenvalue weighted by Gasteiger charge is -2.27. The summed E-state index contributed by atoms with van der Waals surface area (Å²) in [5.74, 6) is 0.865. The Labute approximate surface area is 121 Å². The molecule has 0 fully saturated rings. The Morgan fingerprint density at radius 2 is 1.26 bits per heavy atom. The smallest absolute Gasteiger partial charge is 0.0538 e. The standard InChI is InChI=1S/C17H36O2/c1-16(2)12-10-8-6-7-9-11-13-17(3,14-18-4)15-19-5/h16H,6-15H2,1-5H3. The lowest BCUT2D eigenvalue weighted by molar-refractivity contribution is 0.0151. The van der Waals surface area contributed by atoms with Crippen LogP contribution >= 0.6 is 0 Å². The van der Waals surface area contributed by atoms with Gasteiger partial charge in [0.2, 0.25) is 0 Å². The van der Waals surface area contributed by atoms with E-state index in [1.165, 1.54) is 51.4 Å². The van der Waals surface area contributed by atoms with E-state index in [1.54, 1.807) is 14.2 Å². The van der Waals surface area contributed by atoms with Crippen LogP contribution in [0.3, 0.4) is 0 Å². The van der Waals surface area contributed by atoms with E-state index in [0.29, 0.717) is 0 Å². The second kappa shape index (κ2) is 11.7. The molecule has 0 spiro atoms. The Hall–Kier alpha value is -0.0800.